The summed E-state index contributed by atoms with van der Waals surface area (Å²) in [6.07, 6.45) is 9.90. The third-order valence-electron chi connectivity index (χ3n) is 5.09. The lowest BCUT2D eigenvalue weighted by Crippen LogP contribution is -2.50. The van der Waals surface area contributed by atoms with Crippen LogP contribution in [0.25, 0.3) is 0 Å². The number of sulfonamides is 1. The van der Waals surface area contributed by atoms with Crippen molar-refractivity contribution in [2.45, 2.75) is 50.6 Å². The maximum Gasteiger partial charge on any atom is 0.321 e. The second-order valence-electron chi connectivity index (χ2n) is 6.92. The van der Waals surface area contributed by atoms with Crippen LogP contribution in [0.3, 0.4) is 0 Å². The van der Waals surface area contributed by atoms with E-state index in [0.717, 1.165) is 32.1 Å². The monoisotopic (exact) mass is 366 g/mol. The van der Waals surface area contributed by atoms with E-state index >= 15 is 0 Å². The predicted octanol–water partition coefficient (Wildman–Crippen LogP) is 2.28. The van der Waals surface area contributed by atoms with Crippen LogP contribution in [0.2, 0.25) is 0 Å². The molecule has 1 aliphatic carbocycles. The van der Waals surface area contributed by atoms with Gasteiger partial charge in [-0.25, -0.2) is 13.2 Å². The summed E-state index contributed by atoms with van der Waals surface area (Å²) in [6.45, 7) is 1.22. The van der Waals surface area contributed by atoms with E-state index in [-0.39, 0.29) is 18.1 Å². The molecule has 7 nitrogen and oxygen atoms in total. The van der Waals surface area contributed by atoms with Gasteiger partial charge in [-0.15, -0.1) is 0 Å². The molecule has 2 fully saturated rings. The van der Waals surface area contributed by atoms with Crippen LogP contribution >= 0.6 is 0 Å². The van der Waals surface area contributed by atoms with E-state index in [4.69, 9.17) is 0 Å². The van der Waals surface area contributed by atoms with Crippen LogP contribution in [-0.4, -0.2) is 60.1 Å². The van der Waals surface area contributed by atoms with Crippen molar-refractivity contribution in [1.82, 2.24) is 14.2 Å². The van der Waals surface area contributed by atoms with Gasteiger partial charge in [0, 0.05) is 43.3 Å². The summed E-state index contributed by atoms with van der Waals surface area (Å²) in [5, 5.41) is 2.87. The number of pyridine rings is 1. The molecule has 1 aliphatic heterocycles. The average molecular weight is 366 g/mol. The highest BCUT2D eigenvalue weighted by Crippen LogP contribution is 2.32. The minimum Gasteiger partial charge on any atom is -0.324 e. The number of nitrogens with zero attached hydrogens (tertiary/aromatic N) is 3. The molecule has 3 rings (SSSR count). The van der Waals surface area contributed by atoms with Gasteiger partial charge < -0.3 is 10.2 Å². The number of hydrogen-bond donors (Lipinski definition) is 1. The number of likely N-dealkylation sites (tertiary alicyclic amines) is 1. The summed E-state index contributed by atoms with van der Waals surface area (Å²) in [7, 11) is -3.22. The van der Waals surface area contributed by atoms with E-state index < -0.39 is 10.0 Å². The largest absolute Gasteiger partial charge is 0.324 e. The molecule has 2 heterocycles. The van der Waals surface area contributed by atoms with E-state index in [0.29, 0.717) is 25.2 Å². The first-order valence-electron chi connectivity index (χ1n) is 8.89. The van der Waals surface area contributed by atoms with Crippen LogP contribution in [0.1, 0.15) is 38.5 Å². The van der Waals surface area contributed by atoms with Gasteiger partial charge in [0.2, 0.25) is 10.0 Å². The lowest BCUT2D eigenvalue weighted by atomic mass is 9.91. The molecule has 1 saturated carbocycles. The smallest absolute Gasteiger partial charge is 0.321 e. The Morgan fingerprint density at radius 2 is 1.76 bits per heavy atom. The van der Waals surface area contributed by atoms with Crippen LogP contribution in [0.4, 0.5) is 10.5 Å². The molecule has 25 heavy (non-hydrogen) atoms. The molecule has 8 heteroatoms. The van der Waals surface area contributed by atoms with Crippen molar-refractivity contribution < 1.29 is 13.2 Å². The topological polar surface area (TPSA) is 82.6 Å². The van der Waals surface area contributed by atoms with Crippen molar-refractivity contribution in [3.8, 4) is 0 Å². The van der Waals surface area contributed by atoms with Crippen LogP contribution in [0.15, 0.2) is 24.5 Å². The molecule has 0 bridgehead atoms. The van der Waals surface area contributed by atoms with Gasteiger partial charge in [-0.2, -0.15) is 4.31 Å². The SMILES string of the molecule is CS(=O)(=O)N(C1CCC1)[C@@H]1CCCN(C(=O)Nc2ccncc2)CC1. The highest BCUT2D eigenvalue weighted by atomic mass is 32.2. The molecule has 1 saturated heterocycles. The minimum absolute atomic E-state index is 0.000903. The number of nitrogens with one attached hydrogen (secondary N) is 1. The number of aromatic nitrogens is 1. The maximum absolute atomic E-state index is 12.5. The van der Waals surface area contributed by atoms with Gasteiger partial charge in [0.15, 0.2) is 0 Å². The minimum atomic E-state index is -3.22. The molecule has 138 valence electrons. The first kappa shape index (κ1) is 18.1. The van der Waals surface area contributed by atoms with E-state index in [9.17, 15) is 13.2 Å². The molecular weight excluding hydrogens is 340 g/mol. The number of rotatable bonds is 4. The lowest BCUT2D eigenvalue weighted by Gasteiger charge is -2.40. The van der Waals surface area contributed by atoms with E-state index in [1.54, 1.807) is 33.7 Å². The Morgan fingerprint density at radius 3 is 2.36 bits per heavy atom. The fourth-order valence-electron chi connectivity index (χ4n) is 3.66. The number of hydrogen-bond acceptors (Lipinski definition) is 4. The molecule has 1 atom stereocenters. The number of carbonyl (C=O) groups excluding carboxylic acids is 1. The molecule has 0 aromatic carbocycles. The molecule has 2 amide bonds. The molecule has 2 aliphatic rings. The van der Waals surface area contributed by atoms with Gasteiger partial charge >= 0.3 is 6.03 Å². The predicted molar refractivity (Wildman–Crippen MR) is 96.8 cm³/mol. The number of amides is 2. The molecular formula is C17H26N4O3S. The summed E-state index contributed by atoms with van der Waals surface area (Å²) >= 11 is 0. The highest BCUT2D eigenvalue weighted by Gasteiger charge is 2.37. The Balaban J connectivity index is 1.62. The molecule has 0 radical (unpaired) electrons. The zero-order valence-corrected chi connectivity index (χ0v) is 15.4. The van der Waals surface area contributed by atoms with Crippen molar-refractivity contribution >= 4 is 21.7 Å². The standard InChI is InChI=1S/C17H26N4O3S/c1-25(23,24)21(15-4-2-5-15)16-6-3-12-20(13-9-16)17(22)19-14-7-10-18-11-8-14/h7-8,10-11,15-16H,2-6,9,12-13H2,1H3,(H,18,19,22)/t16-/m1/s1. The first-order valence-corrected chi connectivity index (χ1v) is 10.7. The second kappa shape index (κ2) is 7.70. The van der Waals surface area contributed by atoms with Gasteiger partial charge in [-0.3, -0.25) is 4.98 Å². The summed E-state index contributed by atoms with van der Waals surface area (Å²) < 4.78 is 26.2. The summed E-state index contributed by atoms with van der Waals surface area (Å²) in [5.41, 5.74) is 0.716. The van der Waals surface area contributed by atoms with Crippen molar-refractivity contribution in [2.75, 3.05) is 24.7 Å². The number of urea groups is 1. The van der Waals surface area contributed by atoms with E-state index in [1.807, 2.05) is 0 Å². The number of carbonyl (C=O) groups is 1. The maximum atomic E-state index is 12.5. The van der Waals surface area contributed by atoms with E-state index in [2.05, 4.69) is 10.3 Å². The molecule has 1 aromatic rings. The fraction of sp³-hybridized carbons (Fsp3) is 0.647. The van der Waals surface area contributed by atoms with Crippen LogP contribution in [0, 0.1) is 0 Å². The Morgan fingerprint density at radius 1 is 1.12 bits per heavy atom. The normalized spacial score (nSPS) is 22.3. The Bertz CT molecular complexity index is 691. The zero-order valence-electron chi connectivity index (χ0n) is 14.6. The van der Waals surface area contributed by atoms with Crippen LogP contribution in [-0.2, 0) is 10.0 Å². The molecule has 1 aromatic heterocycles. The summed E-state index contributed by atoms with van der Waals surface area (Å²) in [6, 6.07) is 3.51. The second-order valence-corrected chi connectivity index (χ2v) is 8.80. The van der Waals surface area contributed by atoms with Crippen molar-refractivity contribution in [3.05, 3.63) is 24.5 Å². The molecule has 0 unspecified atom stereocenters. The molecule has 1 N–H and O–H groups in total. The van der Waals surface area contributed by atoms with Gasteiger partial charge in [0.05, 0.1) is 6.26 Å². The van der Waals surface area contributed by atoms with Crippen molar-refractivity contribution in [2.24, 2.45) is 0 Å². The van der Waals surface area contributed by atoms with Gasteiger partial charge in [0.25, 0.3) is 0 Å². The van der Waals surface area contributed by atoms with Gasteiger partial charge in [-0.05, 0) is 44.2 Å². The first-order chi connectivity index (χ1) is 11.9. The number of anilines is 1. The average Bonchev–Trinajstić information content (AvgIpc) is 2.76. The fourth-order valence-corrected chi connectivity index (χ4v) is 5.16. The zero-order chi connectivity index (χ0) is 17.9. The quantitative estimate of drug-likeness (QED) is 0.886. The summed E-state index contributed by atoms with van der Waals surface area (Å²) in [4.78, 5) is 18.2. The Hall–Kier alpha value is -1.67. The molecule has 0 spiro atoms. The Labute approximate surface area is 149 Å². The van der Waals surface area contributed by atoms with Gasteiger partial charge in [-0.1, -0.05) is 6.42 Å². The van der Waals surface area contributed by atoms with Crippen LogP contribution < -0.4 is 5.32 Å². The van der Waals surface area contributed by atoms with Crippen LogP contribution in [0.5, 0.6) is 0 Å². The van der Waals surface area contributed by atoms with Gasteiger partial charge in [0.1, 0.15) is 0 Å². The summed E-state index contributed by atoms with van der Waals surface area (Å²) in [5.74, 6) is 0. The lowest BCUT2D eigenvalue weighted by molar-refractivity contribution is 0.162. The highest BCUT2D eigenvalue weighted by molar-refractivity contribution is 7.88. The van der Waals surface area contributed by atoms with Crippen molar-refractivity contribution in [3.63, 3.8) is 0 Å². The Kier molecular flexibility index (Phi) is 5.58. The third-order valence-corrected chi connectivity index (χ3v) is 6.46. The van der Waals surface area contributed by atoms with Crippen molar-refractivity contribution in [1.29, 1.82) is 0 Å². The third kappa shape index (κ3) is 4.49. The van der Waals surface area contributed by atoms with E-state index in [1.165, 1.54) is 6.26 Å².